The number of likely N-dealkylation sites (tertiary alicyclic amines) is 1. The Balaban J connectivity index is 1.42. The summed E-state index contributed by atoms with van der Waals surface area (Å²) in [5.74, 6) is -2.23. The van der Waals surface area contributed by atoms with Crippen molar-refractivity contribution in [1.82, 2.24) is 36.3 Å². The van der Waals surface area contributed by atoms with Crippen molar-refractivity contribution in [2.45, 2.75) is 135 Å². The zero-order valence-electron chi connectivity index (χ0n) is 40.4. The van der Waals surface area contributed by atoms with E-state index in [1.54, 1.807) is 11.4 Å². The number of piperidine rings is 1. The molecule has 1 aliphatic heterocycles. The van der Waals surface area contributed by atoms with E-state index in [9.17, 15) is 28.9 Å². The molecule has 1 fully saturated rings. The summed E-state index contributed by atoms with van der Waals surface area (Å²) in [7, 11) is 1.96. The van der Waals surface area contributed by atoms with Crippen LogP contribution in [0.2, 0.25) is 0 Å². The van der Waals surface area contributed by atoms with Crippen molar-refractivity contribution in [3.8, 4) is 0 Å². The lowest BCUT2D eigenvalue weighted by molar-refractivity contribution is -0.142. The van der Waals surface area contributed by atoms with Crippen LogP contribution in [0.4, 0.5) is 10.5 Å². The highest BCUT2D eigenvalue weighted by atomic mass is 32.1. The number of hydrazine groups is 1. The average Bonchev–Trinajstić information content (AvgIpc) is 3.85. The Bertz CT molecular complexity index is 2000. The number of rotatable bonds is 28. The molecular formula is C46H71N11O10S. The fourth-order valence-electron chi connectivity index (χ4n) is 8.46. The van der Waals surface area contributed by atoms with E-state index >= 15 is 0 Å². The van der Waals surface area contributed by atoms with E-state index in [0.717, 1.165) is 44.2 Å². The van der Waals surface area contributed by atoms with Crippen molar-refractivity contribution in [3.05, 3.63) is 60.8 Å². The van der Waals surface area contributed by atoms with Crippen LogP contribution in [0.15, 0.2) is 33.9 Å². The van der Waals surface area contributed by atoms with Crippen molar-refractivity contribution < 1.29 is 42.9 Å². The number of amides is 5. The van der Waals surface area contributed by atoms with Gasteiger partial charge in [0.2, 0.25) is 17.7 Å². The summed E-state index contributed by atoms with van der Waals surface area (Å²) in [6.07, 6.45) is 5.08. The molecule has 0 unspecified atom stereocenters. The van der Waals surface area contributed by atoms with Gasteiger partial charge in [0.05, 0.1) is 38.4 Å². The molecule has 0 saturated carbocycles. The number of nitrogens with one attached hydrogen (secondary N) is 4. The lowest BCUT2D eigenvalue weighted by Gasteiger charge is -2.38. The number of nitroso groups, excluding NO2 is 1. The quantitative estimate of drug-likeness (QED) is 0.0181. The molecule has 21 nitrogen and oxygen atoms in total. The van der Waals surface area contributed by atoms with Gasteiger partial charge in [-0.1, -0.05) is 58.6 Å². The largest absolute Gasteiger partial charge is 0.446 e. The zero-order chi connectivity index (χ0) is 49.4. The van der Waals surface area contributed by atoms with E-state index in [4.69, 9.17) is 29.5 Å². The highest BCUT2D eigenvalue weighted by Gasteiger charge is 2.38. The van der Waals surface area contributed by atoms with Crippen molar-refractivity contribution in [2.24, 2.45) is 16.2 Å². The van der Waals surface area contributed by atoms with Gasteiger partial charge in [-0.15, -0.1) is 16.2 Å². The number of likely N-dealkylation sites (N-methyl/N-ethyl adjacent to an activating group) is 1. The smallest absolute Gasteiger partial charge is 0.426 e. The molecule has 0 bridgehead atoms. The molecule has 1 aliphatic carbocycles. The Hall–Kier alpha value is -5.25. The first-order valence-electron chi connectivity index (χ1n) is 23.9. The first-order valence-corrected chi connectivity index (χ1v) is 24.8. The highest BCUT2D eigenvalue weighted by molar-refractivity contribution is 7.09. The Morgan fingerprint density at radius 1 is 0.985 bits per heavy atom. The summed E-state index contributed by atoms with van der Waals surface area (Å²) in [6.45, 7) is 12.8. The molecule has 2 aliphatic rings. The van der Waals surface area contributed by atoms with Crippen LogP contribution in [0.25, 0.3) is 10.4 Å². The van der Waals surface area contributed by atoms with Gasteiger partial charge in [-0.3, -0.25) is 29.5 Å². The van der Waals surface area contributed by atoms with Crippen LogP contribution in [-0.4, -0.2) is 135 Å². The van der Waals surface area contributed by atoms with Gasteiger partial charge in [0.15, 0.2) is 0 Å². The van der Waals surface area contributed by atoms with Gasteiger partial charge in [-0.05, 0) is 98.4 Å². The number of azide groups is 1. The summed E-state index contributed by atoms with van der Waals surface area (Å²) in [4.78, 5) is 90.9. The fraction of sp³-hybridized carbons (Fsp3) is 0.696. The molecule has 4 rings (SSSR count). The Labute approximate surface area is 403 Å². The second-order valence-corrected chi connectivity index (χ2v) is 18.1. The van der Waals surface area contributed by atoms with Gasteiger partial charge < -0.3 is 34.5 Å². The van der Waals surface area contributed by atoms with Crippen LogP contribution in [0.5, 0.6) is 0 Å². The minimum absolute atomic E-state index is 0.0737. The molecule has 22 heteroatoms. The standard InChI is InChI=1S/C46H71N11O10S/c1-7-17-57(45(61)40(30(5)9-3)51-43(60)38-13-11-12-18-56(38)6)34(10-4)28-39(66-19-8-2)44-50-37(29-68-44)42(59)49-33-25-31-14-15-32(54-63)26-35(31)36(27-33)41(58)52-53-46(62)67-24-23-65-22-21-64-20-16-48-55-47/h14-15,26,29-30,33-34,36,38-40H,7-13,16-25,27-28H2,1-6H3,(H,49,59)(H,51,60)(H,52,58)(H,53,62)/t30-,33-,34-,36+,38+,39+,40-/m0/s1. The Morgan fingerprint density at radius 3 is 2.44 bits per heavy atom. The second-order valence-electron chi connectivity index (χ2n) is 17.2. The van der Waals surface area contributed by atoms with Crippen LogP contribution in [-0.2, 0) is 39.8 Å². The zero-order valence-corrected chi connectivity index (χ0v) is 41.2. The Kier molecular flexibility index (Phi) is 24.1. The third-order valence-corrected chi connectivity index (χ3v) is 13.3. The van der Waals surface area contributed by atoms with Crippen molar-refractivity contribution >= 4 is 46.7 Å². The summed E-state index contributed by atoms with van der Waals surface area (Å²) >= 11 is 1.30. The summed E-state index contributed by atoms with van der Waals surface area (Å²) in [5, 5.41) is 14.9. The summed E-state index contributed by atoms with van der Waals surface area (Å²) < 4.78 is 22.1. The lowest BCUT2D eigenvalue weighted by atomic mass is 9.79. The lowest BCUT2D eigenvalue weighted by Crippen LogP contribution is -2.58. The molecule has 7 atom stereocenters. The number of carbonyl (C=O) groups excluding carboxylic acids is 5. The monoisotopic (exact) mass is 970 g/mol. The molecular weight excluding hydrogens is 899 g/mol. The number of hydrogen-bond donors (Lipinski definition) is 4. The molecule has 4 N–H and O–H groups in total. The average molecular weight is 970 g/mol. The van der Waals surface area contributed by atoms with Crippen LogP contribution < -0.4 is 21.5 Å². The van der Waals surface area contributed by atoms with Gasteiger partial charge in [0.25, 0.3) is 5.91 Å². The third kappa shape index (κ3) is 16.8. The number of thiazole rings is 1. The van der Waals surface area contributed by atoms with Crippen LogP contribution in [0.3, 0.4) is 0 Å². The Morgan fingerprint density at radius 2 is 1.75 bits per heavy atom. The minimum atomic E-state index is -0.922. The highest BCUT2D eigenvalue weighted by Crippen LogP contribution is 2.35. The van der Waals surface area contributed by atoms with Crippen LogP contribution in [0.1, 0.15) is 131 Å². The van der Waals surface area contributed by atoms with Gasteiger partial charge in [0, 0.05) is 48.5 Å². The predicted octanol–water partition coefficient (Wildman–Crippen LogP) is 6.36. The number of aromatic nitrogens is 1. The van der Waals surface area contributed by atoms with E-state index in [0.29, 0.717) is 49.4 Å². The topological polar surface area (TPSA) is 268 Å². The summed E-state index contributed by atoms with van der Waals surface area (Å²) in [6, 6.07) is 3.05. The van der Waals surface area contributed by atoms with Crippen LogP contribution in [0, 0.1) is 10.8 Å². The maximum Gasteiger partial charge on any atom is 0.426 e. The van der Waals surface area contributed by atoms with E-state index in [1.165, 1.54) is 23.5 Å². The summed E-state index contributed by atoms with van der Waals surface area (Å²) in [5.41, 5.74) is 14.5. The molecule has 2 aromatic rings. The molecule has 0 spiro atoms. The first kappa shape index (κ1) is 55.3. The number of nitrogens with zero attached hydrogens (tertiary/aromatic N) is 7. The predicted molar refractivity (Wildman–Crippen MR) is 256 cm³/mol. The molecule has 0 radical (unpaired) electrons. The van der Waals surface area contributed by atoms with Gasteiger partial charge in [-0.2, -0.15) is 0 Å². The second kappa shape index (κ2) is 29.6. The van der Waals surface area contributed by atoms with Crippen molar-refractivity contribution in [1.29, 1.82) is 0 Å². The van der Waals surface area contributed by atoms with Gasteiger partial charge in [-0.25, -0.2) is 15.2 Å². The number of ether oxygens (including phenoxy) is 4. The van der Waals surface area contributed by atoms with E-state index in [2.05, 4.69) is 41.6 Å². The third-order valence-electron chi connectivity index (χ3n) is 12.3. The van der Waals surface area contributed by atoms with E-state index in [-0.39, 0.29) is 87.2 Å². The first-order chi connectivity index (χ1) is 32.9. The van der Waals surface area contributed by atoms with Gasteiger partial charge >= 0.3 is 6.09 Å². The number of benzene rings is 1. The molecule has 376 valence electrons. The van der Waals surface area contributed by atoms with Crippen LogP contribution >= 0.6 is 11.3 Å². The molecule has 5 amide bonds. The maximum absolute atomic E-state index is 14.6. The SMILES string of the molecule is CCCO[C@H](C[C@H](CC)N(CCC)C(=O)[C@@H](NC(=O)[C@H]1CCCCN1C)[C@@H](C)CC)c1nc(C(=O)N[C@H]2Cc3ccc(N=O)cc3[C@H](C(=O)NNC(=O)OCCOCCOCCN=[N+]=[N-])C2)cs1. The van der Waals surface area contributed by atoms with Gasteiger partial charge in [0.1, 0.15) is 35.1 Å². The van der Waals surface area contributed by atoms with E-state index in [1.807, 2.05) is 46.6 Å². The van der Waals surface area contributed by atoms with E-state index < -0.39 is 42.0 Å². The normalized spacial score (nSPS) is 18.6. The van der Waals surface area contributed by atoms with Crippen molar-refractivity contribution in [3.63, 3.8) is 0 Å². The molecule has 2 heterocycles. The number of carbonyl (C=O) groups is 5. The maximum atomic E-state index is 14.6. The molecule has 68 heavy (non-hydrogen) atoms. The molecule has 1 aromatic carbocycles. The number of hydrogen-bond acceptors (Lipinski definition) is 15. The number of fused-ring (bicyclic) bond motifs is 1. The van der Waals surface area contributed by atoms with Crippen molar-refractivity contribution in [2.75, 3.05) is 66.3 Å². The fourth-order valence-corrected chi connectivity index (χ4v) is 9.32. The minimum Gasteiger partial charge on any atom is -0.446 e. The molecule has 1 aromatic heterocycles. The molecule has 1 saturated heterocycles.